The highest BCUT2D eigenvalue weighted by atomic mass is 79.9. The van der Waals surface area contributed by atoms with E-state index in [4.69, 9.17) is 14.6 Å². The fraction of sp³-hybridized carbons (Fsp3) is 0.294. The number of H-pyrrole nitrogens is 1. The first-order valence-corrected chi connectivity index (χ1v) is 9.69. The van der Waals surface area contributed by atoms with Crippen molar-refractivity contribution in [1.82, 2.24) is 34.9 Å². The topological polar surface area (TPSA) is 144 Å². The highest BCUT2D eigenvalue weighted by Gasteiger charge is 2.38. The number of halogens is 4. The lowest BCUT2D eigenvalue weighted by Gasteiger charge is -2.07. The summed E-state index contributed by atoms with van der Waals surface area (Å²) in [6.07, 6.45) is -2.55. The fourth-order valence-corrected chi connectivity index (χ4v) is 3.39. The number of aromatic nitrogens is 7. The van der Waals surface area contributed by atoms with Crippen molar-refractivity contribution in [3.05, 3.63) is 22.4 Å². The summed E-state index contributed by atoms with van der Waals surface area (Å²) in [4.78, 5) is 25.5. The van der Waals surface area contributed by atoms with Crippen molar-refractivity contribution in [3.8, 4) is 5.88 Å². The Morgan fingerprint density at radius 1 is 1.38 bits per heavy atom. The number of carboxylic acid groups (broad SMARTS) is 1. The third-order valence-electron chi connectivity index (χ3n) is 4.12. The molecule has 4 aromatic rings. The van der Waals surface area contributed by atoms with E-state index in [1.54, 1.807) is 25.0 Å². The van der Waals surface area contributed by atoms with Crippen molar-refractivity contribution < 1.29 is 27.8 Å². The lowest BCUT2D eigenvalue weighted by molar-refractivity contribution is -0.192. The molecule has 0 amide bonds. The summed E-state index contributed by atoms with van der Waals surface area (Å²) in [5.74, 6) is -1.86. The highest BCUT2D eigenvalue weighted by Crippen LogP contribution is 2.34. The molecule has 0 aliphatic heterocycles. The van der Waals surface area contributed by atoms with Crippen molar-refractivity contribution in [2.24, 2.45) is 7.05 Å². The molecule has 0 saturated carbocycles. The molecule has 0 saturated heterocycles. The Morgan fingerprint density at radius 3 is 2.66 bits per heavy atom. The minimum absolute atomic E-state index is 0.408. The van der Waals surface area contributed by atoms with Gasteiger partial charge in [-0.2, -0.15) is 23.1 Å². The predicted molar refractivity (Wildman–Crippen MR) is 111 cm³/mol. The SMILES string of the molecule is CCc1[nH]c2nc(Nc3cnc4c(c3)nnn4C)nc(OC)c2c1Br.O=C(O)C(F)(F)F. The highest BCUT2D eigenvalue weighted by molar-refractivity contribution is 9.10. The number of nitrogens with one attached hydrogen (secondary N) is 2. The zero-order valence-corrected chi connectivity index (χ0v) is 18.4. The summed E-state index contributed by atoms with van der Waals surface area (Å²) >= 11 is 3.59. The molecule has 0 atom stereocenters. The number of fused-ring (bicyclic) bond motifs is 2. The summed E-state index contributed by atoms with van der Waals surface area (Å²) < 4.78 is 39.7. The Morgan fingerprint density at radius 2 is 2.06 bits per heavy atom. The number of rotatable bonds is 4. The molecule has 0 radical (unpaired) electrons. The van der Waals surface area contributed by atoms with E-state index in [9.17, 15) is 13.2 Å². The molecule has 0 aliphatic rings. The first kappa shape index (κ1) is 23.2. The van der Waals surface area contributed by atoms with E-state index >= 15 is 0 Å². The zero-order chi connectivity index (χ0) is 23.6. The van der Waals surface area contributed by atoms with Gasteiger partial charge in [0.25, 0.3) is 0 Å². The molecule has 0 aliphatic carbocycles. The number of alkyl halides is 3. The van der Waals surface area contributed by atoms with Gasteiger partial charge in [0.15, 0.2) is 5.65 Å². The smallest absolute Gasteiger partial charge is 0.480 e. The van der Waals surface area contributed by atoms with E-state index in [2.05, 4.69) is 58.4 Å². The molecule has 11 nitrogen and oxygen atoms in total. The average Bonchev–Trinajstić information content (AvgIpc) is 3.26. The summed E-state index contributed by atoms with van der Waals surface area (Å²) in [5.41, 5.74) is 3.86. The maximum Gasteiger partial charge on any atom is 0.490 e. The number of nitrogens with zero attached hydrogens (tertiary/aromatic N) is 6. The number of aromatic amines is 1. The molecule has 4 heterocycles. The number of carbonyl (C=O) groups is 1. The number of methoxy groups -OCH3 is 1. The number of aliphatic carboxylic acids is 1. The van der Waals surface area contributed by atoms with Crippen LogP contribution < -0.4 is 10.1 Å². The van der Waals surface area contributed by atoms with Gasteiger partial charge in [-0.15, -0.1) is 5.10 Å². The lowest BCUT2D eigenvalue weighted by atomic mass is 10.3. The standard InChI is InChI=1S/C15H15BrN8O.C2HF3O2/c1-4-8-11(16)10-12(19-8)20-15(21-14(10)25-3)18-7-5-9-13(17-6-7)24(2)23-22-9;3-2(4,5)1(6)7/h5-6H,4H2,1-3H3,(H2,18,19,20,21);(H,6,7). The number of hydrogen-bond donors (Lipinski definition) is 3. The second-order valence-electron chi connectivity index (χ2n) is 6.26. The Kier molecular flexibility index (Phi) is 6.47. The van der Waals surface area contributed by atoms with Gasteiger partial charge in [0.2, 0.25) is 11.8 Å². The summed E-state index contributed by atoms with van der Waals surface area (Å²) in [6.45, 7) is 2.07. The molecule has 170 valence electrons. The Balaban J connectivity index is 0.000000360. The van der Waals surface area contributed by atoms with Gasteiger partial charge in [0.1, 0.15) is 11.2 Å². The molecule has 3 N–H and O–H groups in total. The van der Waals surface area contributed by atoms with Gasteiger partial charge in [0.05, 0.1) is 28.9 Å². The first-order chi connectivity index (χ1) is 15.0. The van der Waals surface area contributed by atoms with E-state index in [1.165, 1.54) is 0 Å². The molecule has 32 heavy (non-hydrogen) atoms. The summed E-state index contributed by atoms with van der Waals surface area (Å²) in [7, 11) is 3.38. The molecule has 0 bridgehead atoms. The van der Waals surface area contributed by atoms with Crippen LogP contribution in [0, 0.1) is 0 Å². The number of ether oxygens (including phenoxy) is 1. The quantitative estimate of drug-likeness (QED) is 0.371. The first-order valence-electron chi connectivity index (χ1n) is 8.89. The van der Waals surface area contributed by atoms with Gasteiger partial charge in [-0.25, -0.2) is 14.5 Å². The van der Waals surface area contributed by atoms with Crippen molar-refractivity contribution in [2.75, 3.05) is 12.4 Å². The van der Waals surface area contributed by atoms with Crippen molar-refractivity contribution in [3.63, 3.8) is 0 Å². The van der Waals surface area contributed by atoms with Crippen molar-refractivity contribution >= 4 is 55.7 Å². The van der Waals surface area contributed by atoms with E-state index in [1.807, 2.05) is 6.07 Å². The van der Waals surface area contributed by atoms with Crippen LogP contribution in [0.5, 0.6) is 5.88 Å². The van der Waals surface area contributed by atoms with Crippen LogP contribution in [-0.4, -0.2) is 59.3 Å². The maximum atomic E-state index is 10.6. The van der Waals surface area contributed by atoms with Crippen LogP contribution >= 0.6 is 15.9 Å². The minimum atomic E-state index is -5.08. The Bertz CT molecular complexity index is 1290. The predicted octanol–water partition coefficient (Wildman–Crippen LogP) is 3.35. The number of pyridine rings is 1. The minimum Gasteiger partial charge on any atom is -0.480 e. The van der Waals surface area contributed by atoms with Gasteiger partial charge in [-0.05, 0) is 28.4 Å². The molecule has 4 aromatic heterocycles. The summed E-state index contributed by atoms with van der Waals surface area (Å²) in [6, 6.07) is 1.84. The van der Waals surface area contributed by atoms with Crippen molar-refractivity contribution in [1.29, 1.82) is 0 Å². The second-order valence-corrected chi connectivity index (χ2v) is 7.05. The average molecular weight is 517 g/mol. The van der Waals surface area contributed by atoms with Gasteiger partial charge in [-0.1, -0.05) is 12.1 Å². The normalized spacial score (nSPS) is 11.3. The van der Waals surface area contributed by atoms with E-state index in [0.717, 1.165) is 27.7 Å². The van der Waals surface area contributed by atoms with Gasteiger partial charge >= 0.3 is 12.1 Å². The summed E-state index contributed by atoms with van der Waals surface area (Å²) in [5, 5.41) is 19.1. The molecular weight excluding hydrogens is 501 g/mol. The van der Waals surface area contributed by atoms with Gasteiger partial charge < -0.3 is 20.1 Å². The van der Waals surface area contributed by atoms with Crippen LogP contribution in [0.2, 0.25) is 0 Å². The fourth-order valence-electron chi connectivity index (χ4n) is 2.65. The molecule has 0 fully saturated rings. The molecule has 4 rings (SSSR count). The molecule has 0 unspecified atom stereocenters. The van der Waals surface area contributed by atoms with E-state index in [0.29, 0.717) is 28.6 Å². The van der Waals surface area contributed by atoms with Crippen LogP contribution in [0.1, 0.15) is 12.6 Å². The third kappa shape index (κ3) is 4.71. The van der Waals surface area contributed by atoms with Gasteiger partial charge in [0, 0.05) is 12.7 Å². The second kappa shape index (κ2) is 8.94. The maximum absolute atomic E-state index is 10.6. The van der Waals surface area contributed by atoms with E-state index in [-0.39, 0.29) is 0 Å². The van der Waals surface area contributed by atoms with Crippen LogP contribution in [0.4, 0.5) is 24.8 Å². The lowest BCUT2D eigenvalue weighted by Crippen LogP contribution is -2.21. The molecular formula is C17H16BrF3N8O3. The monoisotopic (exact) mass is 516 g/mol. The Labute approximate surface area is 186 Å². The third-order valence-corrected chi connectivity index (χ3v) is 4.99. The number of anilines is 2. The number of carboxylic acids is 1. The number of aryl methyl sites for hydroxylation is 2. The van der Waals surface area contributed by atoms with Gasteiger partial charge in [-0.3, -0.25) is 0 Å². The zero-order valence-electron chi connectivity index (χ0n) is 16.8. The molecule has 15 heteroatoms. The van der Waals surface area contributed by atoms with Crippen molar-refractivity contribution in [2.45, 2.75) is 19.5 Å². The Hall–Kier alpha value is -3.49. The van der Waals surface area contributed by atoms with Crippen LogP contribution in [-0.2, 0) is 18.3 Å². The molecule has 0 aromatic carbocycles. The molecule has 0 spiro atoms. The van der Waals surface area contributed by atoms with E-state index < -0.39 is 12.1 Å². The van der Waals surface area contributed by atoms with Crippen LogP contribution in [0.15, 0.2) is 16.7 Å². The van der Waals surface area contributed by atoms with Crippen LogP contribution in [0.25, 0.3) is 22.2 Å². The number of hydrogen-bond acceptors (Lipinski definition) is 8. The van der Waals surface area contributed by atoms with Crippen LogP contribution in [0.3, 0.4) is 0 Å². The largest absolute Gasteiger partial charge is 0.490 e.